The molecule has 0 spiro atoms. The summed E-state index contributed by atoms with van der Waals surface area (Å²) >= 11 is 0. The molecule has 0 radical (unpaired) electrons. The van der Waals surface area contributed by atoms with E-state index in [9.17, 15) is 13.2 Å². The Morgan fingerprint density at radius 3 is 2.52 bits per heavy atom. The average Bonchev–Trinajstić information content (AvgIpc) is 3.57. The lowest BCUT2D eigenvalue weighted by molar-refractivity contribution is 0.0935. The van der Waals surface area contributed by atoms with Gasteiger partial charge in [0.1, 0.15) is 0 Å². The van der Waals surface area contributed by atoms with Crippen molar-refractivity contribution in [1.82, 2.24) is 10.0 Å². The second kappa shape index (κ2) is 7.09. The van der Waals surface area contributed by atoms with Gasteiger partial charge < -0.3 is 5.32 Å². The fourth-order valence-electron chi connectivity index (χ4n) is 3.54. The van der Waals surface area contributed by atoms with Gasteiger partial charge >= 0.3 is 0 Å². The van der Waals surface area contributed by atoms with Gasteiger partial charge in [-0.3, -0.25) is 4.79 Å². The molecule has 0 aliphatic heterocycles. The van der Waals surface area contributed by atoms with Gasteiger partial charge in [0.05, 0.1) is 4.90 Å². The van der Waals surface area contributed by atoms with Gasteiger partial charge in [0.15, 0.2) is 0 Å². The zero-order chi connectivity index (χ0) is 19.0. The van der Waals surface area contributed by atoms with Crippen molar-refractivity contribution in [3.63, 3.8) is 0 Å². The number of hydrogen-bond acceptors (Lipinski definition) is 3. The Kier molecular flexibility index (Phi) is 4.78. The number of hydrogen-bond donors (Lipinski definition) is 2. The fourth-order valence-corrected chi connectivity index (χ4v) is 4.89. The predicted molar refractivity (Wildman–Crippen MR) is 104 cm³/mol. The minimum absolute atomic E-state index is 0.0348. The second-order valence-electron chi connectivity index (χ2n) is 7.60. The van der Waals surface area contributed by atoms with Gasteiger partial charge in [-0.15, -0.1) is 0 Å². The molecular formula is C21H24N2O3S. The lowest BCUT2D eigenvalue weighted by Gasteiger charge is -2.15. The second-order valence-corrected chi connectivity index (χ2v) is 9.32. The highest BCUT2D eigenvalue weighted by Gasteiger charge is 2.42. The highest BCUT2D eigenvalue weighted by Crippen LogP contribution is 2.49. The van der Waals surface area contributed by atoms with Crippen LogP contribution < -0.4 is 10.0 Å². The molecule has 2 fully saturated rings. The highest BCUT2D eigenvalue weighted by molar-refractivity contribution is 7.89. The van der Waals surface area contributed by atoms with Crippen LogP contribution in [0.1, 0.15) is 48.0 Å². The molecule has 3 atom stereocenters. The van der Waals surface area contributed by atoms with Crippen molar-refractivity contribution in [1.29, 1.82) is 0 Å². The molecule has 2 aliphatic rings. The minimum atomic E-state index is -3.56. The molecule has 27 heavy (non-hydrogen) atoms. The first-order valence-electron chi connectivity index (χ1n) is 9.42. The van der Waals surface area contributed by atoms with Crippen LogP contribution >= 0.6 is 0 Å². The van der Waals surface area contributed by atoms with Crippen molar-refractivity contribution in [2.75, 3.05) is 0 Å². The molecule has 4 rings (SSSR count). The zero-order valence-electron chi connectivity index (χ0n) is 15.3. The normalized spacial score (nSPS) is 22.9. The van der Waals surface area contributed by atoms with E-state index in [1.54, 1.807) is 12.1 Å². The molecule has 1 amide bonds. The third-order valence-electron chi connectivity index (χ3n) is 5.37. The Labute approximate surface area is 160 Å². The Balaban J connectivity index is 1.40. The Hall–Kier alpha value is -2.18. The lowest BCUT2D eigenvalue weighted by atomic mass is 10.1. The summed E-state index contributed by atoms with van der Waals surface area (Å²) in [7, 11) is -3.56. The van der Waals surface area contributed by atoms with E-state index in [4.69, 9.17) is 0 Å². The Bertz CT molecular complexity index is 939. The molecule has 3 unspecified atom stereocenters. The highest BCUT2D eigenvalue weighted by atomic mass is 32.2. The standard InChI is InChI=1S/C21H24N2O3S/c1-14(19-13-20(19)15-6-3-2-4-7-15)22-21(24)16-8-5-9-18(12-16)27(25,26)23-17-10-11-17/h2-9,12,14,17,19-20,23H,10-11,13H2,1H3,(H,22,24). The number of rotatable bonds is 7. The third-order valence-corrected chi connectivity index (χ3v) is 6.89. The first-order chi connectivity index (χ1) is 12.9. The molecule has 2 aromatic carbocycles. The monoisotopic (exact) mass is 384 g/mol. The van der Waals surface area contributed by atoms with Gasteiger partial charge in [0.25, 0.3) is 5.91 Å². The van der Waals surface area contributed by atoms with Crippen LogP contribution in [0.4, 0.5) is 0 Å². The van der Waals surface area contributed by atoms with Crippen LogP contribution in [0.15, 0.2) is 59.5 Å². The summed E-state index contributed by atoms with van der Waals surface area (Å²) in [5.41, 5.74) is 1.68. The van der Waals surface area contributed by atoms with Crippen LogP contribution in [0.5, 0.6) is 0 Å². The number of amides is 1. The Morgan fingerprint density at radius 2 is 1.81 bits per heavy atom. The molecule has 0 saturated heterocycles. The van der Waals surface area contributed by atoms with Crippen molar-refractivity contribution in [2.24, 2.45) is 5.92 Å². The quantitative estimate of drug-likeness (QED) is 0.770. The van der Waals surface area contributed by atoms with Crippen LogP contribution in [0.25, 0.3) is 0 Å². The molecule has 0 bridgehead atoms. The van der Waals surface area contributed by atoms with Crippen molar-refractivity contribution < 1.29 is 13.2 Å². The van der Waals surface area contributed by atoms with Crippen LogP contribution in [0.2, 0.25) is 0 Å². The minimum Gasteiger partial charge on any atom is -0.349 e. The summed E-state index contributed by atoms with van der Waals surface area (Å²) in [6.07, 6.45) is 2.81. The molecule has 142 valence electrons. The fraction of sp³-hybridized carbons (Fsp3) is 0.381. The van der Waals surface area contributed by atoms with E-state index < -0.39 is 10.0 Å². The molecule has 6 heteroatoms. The molecule has 0 heterocycles. The van der Waals surface area contributed by atoms with Gasteiger partial charge in [-0.25, -0.2) is 13.1 Å². The van der Waals surface area contributed by atoms with Gasteiger partial charge in [-0.2, -0.15) is 0 Å². The summed E-state index contributed by atoms with van der Waals surface area (Å²) in [4.78, 5) is 12.8. The average molecular weight is 385 g/mol. The lowest BCUT2D eigenvalue weighted by Crippen LogP contribution is -2.34. The number of sulfonamides is 1. The van der Waals surface area contributed by atoms with Crippen LogP contribution in [-0.4, -0.2) is 26.4 Å². The summed E-state index contributed by atoms with van der Waals surface area (Å²) in [6.45, 7) is 2.01. The van der Waals surface area contributed by atoms with E-state index in [2.05, 4.69) is 22.2 Å². The molecule has 2 aliphatic carbocycles. The van der Waals surface area contributed by atoms with E-state index in [0.29, 0.717) is 17.4 Å². The molecular weight excluding hydrogens is 360 g/mol. The third kappa shape index (κ3) is 4.22. The van der Waals surface area contributed by atoms with E-state index in [1.807, 2.05) is 25.1 Å². The van der Waals surface area contributed by atoms with Crippen LogP contribution in [-0.2, 0) is 10.0 Å². The zero-order valence-corrected chi connectivity index (χ0v) is 16.1. The van der Waals surface area contributed by atoms with Crippen LogP contribution in [0, 0.1) is 5.92 Å². The SMILES string of the molecule is CC(NC(=O)c1cccc(S(=O)(=O)NC2CC2)c1)C1CC1c1ccccc1. The first-order valence-corrected chi connectivity index (χ1v) is 10.9. The molecule has 2 aromatic rings. The predicted octanol–water partition coefficient (Wildman–Crippen LogP) is 3.05. The van der Waals surface area contributed by atoms with E-state index in [1.165, 1.54) is 17.7 Å². The van der Waals surface area contributed by atoms with Gasteiger partial charge in [-0.05, 0) is 61.8 Å². The summed E-state index contributed by atoms with van der Waals surface area (Å²) in [5, 5.41) is 3.04. The summed E-state index contributed by atoms with van der Waals surface area (Å²) < 4.78 is 27.4. The van der Waals surface area contributed by atoms with E-state index >= 15 is 0 Å². The molecule has 2 N–H and O–H groups in total. The largest absolute Gasteiger partial charge is 0.349 e. The molecule has 2 saturated carbocycles. The van der Waals surface area contributed by atoms with Gasteiger partial charge in [0, 0.05) is 17.6 Å². The topological polar surface area (TPSA) is 75.3 Å². The number of carbonyl (C=O) groups is 1. The van der Waals surface area contributed by atoms with Crippen LogP contribution in [0.3, 0.4) is 0 Å². The van der Waals surface area contributed by atoms with Crippen molar-refractivity contribution in [2.45, 2.75) is 49.1 Å². The van der Waals surface area contributed by atoms with E-state index in [0.717, 1.165) is 19.3 Å². The maximum atomic E-state index is 12.6. The number of nitrogens with one attached hydrogen (secondary N) is 2. The maximum absolute atomic E-state index is 12.6. The van der Waals surface area contributed by atoms with Crippen molar-refractivity contribution in [3.8, 4) is 0 Å². The van der Waals surface area contributed by atoms with Crippen molar-refractivity contribution in [3.05, 3.63) is 65.7 Å². The van der Waals surface area contributed by atoms with E-state index in [-0.39, 0.29) is 22.9 Å². The summed E-state index contributed by atoms with van der Waals surface area (Å²) in [6, 6.07) is 16.7. The molecule has 0 aromatic heterocycles. The van der Waals surface area contributed by atoms with Crippen molar-refractivity contribution >= 4 is 15.9 Å². The van der Waals surface area contributed by atoms with Gasteiger partial charge in [-0.1, -0.05) is 36.4 Å². The number of carbonyl (C=O) groups excluding carboxylic acids is 1. The first kappa shape index (κ1) is 18.2. The number of benzene rings is 2. The summed E-state index contributed by atoms with van der Waals surface area (Å²) in [5.74, 6) is 0.667. The molecule has 5 nitrogen and oxygen atoms in total. The maximum Gasteiger partial charge on any atom is 0.251 e. The van der Waals surface area contributed by atoms with Gasteiger partial charge in [0.2, 0.25) is 10.0 Å². The smallest absolute Gasteiger partial charge is 0.251 e. The Morgan fingerprint density at radius 1 is 1.07 bits per heavy atom.